The van der Waals surface area contributed by atoms with E-state index in [9.17, 15) is 27.5 Å². The number of hydrogen-bond acceptors (Lipinski definition) is 6. The number of tetrazole rings is 1. The molecular weight excluding hydrogens is 491 g/mol. The number of carbonyl (C=O) groups is 1. The summed E-state index contributed by atoms with van der Waals surface area (Å²) in [5, 5.41) is 23.1. The fourth-order valence-electron chi connectivity index (χ4n) is 2.86. The number of benzene rings is 1. The molecule has 14 heteroatoms. The molecule has 2 aromatic heterocycles. The number of hydrogen-bond donors (Lipinski definition) is 2. The molecule has 3 aromatic rings. The van der Waals surface area contributed by atoms with E-state index in [1.807, 2.05) is 5.32 Å². The van der Waals surface area contributed by atoms with Gasteiger partial charge in [-0.15, -0.1) is 10.2 Å². The Morgan fingerprint density at radius 2 is 1.91 bits per heavy atom. The maximum atomic E-state index is 14.7. The number of aryl methyl sites for hydroxylation is 1. The van der Waals surface area contributed by atoms with Gasteiger partial charge in [-0.25, -0.2) is 4.39 Å². The molecule has 3 rings (SSSR count). The van der Waals surface area contributed by atoms with E-state index in [1.165, 1.54) is 32.3 Å². The molecule has 0 saturated carbocycles. The Kier molecular flexibility index (Phi) is 6.65. The molecule has 8 nitrogen and oxygen atoms in total. The van der Waals surface area contributed by atoms with Crippen molar-refractivity contribution in [3.63, 3.8) is 0 Å². The van der Waals surface area contributed by atoms with Crippen LogP contribution in [0.25, 0.3) is 22.5 Å². The van der Waals surface area contributed by atoms with Gasteiger partial charge in [0.1, 0.15) is 5.82 Å². The van der Waals surface area contributed by atoms with Crippen molar-refractivity contribution in [2.24, 2.45) is 7.05 Å². The number of nitrogens with zero attached hydrogens (tertiary/aromatic N) is 5. The van der Waals surface area contributed by atoms with Crippen LogP contribution < -0.4 is 5.32 Å². The van der Waals surface area contributed by atoms with E-state index in [-0.39, 0.29) is 32.7 Å². The fourth-order valence-corrected chi connectivity index (χ4v) is 3.40. The first-order valence-electron chi connectivity index (χ1n) is 9.21. The van der Waals surface area contributed by atoms with Gasteiger partial charge in [0.15, 0.2) is 0 Å². The van der Waals surface area contributed by atoms with E-state index in [0.717, 1.165) is 10.9 Å². The summed E-state index contributed by atoms with van der Waals surface area (Å²) >= 11 is 12.3. The van der Waals surface area contributed by atoms with E-state index in [2.05, 4.69) is 20.4 Å². The number of carbonyl (C=O) groups excluding carboxylic acids is 1. The molecule has 2 atom stereocenters. The molecule has 0 aliphatic carbocycles. The van der Waals surface area contributed by atoms with Crippen molar-refractivity contribution in [1.29, 1.82) is 0 Å². The average Bonchev–Trinajstić information content (AvgIpc) is 3.11. The van der Waals surface area contributed by atoms with E-state index >= 15 is 0 Å². The summed E-state index contributed by atoms with van der Waals surface area (Å²) in [5.74, 6) is -2.41. The second-order valence-corrected chi connectivity index (χ2v) is 8.11. The first kappa shape index (κ1) is 24.8. The molecule has 176 valence electrons. The van der Waals surface area contributed by atoms with Gasteiger partial charge in [-0.1, -0.05) is 23.2 Å². The van der Waals surface area contributed by atoms with Crippen molar-refractivity contribution in [3.05, 3.63) is 46.0 Å². The van der Waals surface area contributed by atoms with Gasteiger partial charge in [-0.2, -0.15) is 18.0 Å². The second kappa shape index (κ2) is 8.84. The second-order valence-electron chi connectivity index (χ2n) is 7.27. The highest BCUT2D eigenvalue weighted by molar-refractivity contribution is 6.32. The van der Waals surface area contributed by atoms with Crippen molar-refractivity contribution in [1.82, 2.24) is 30.5 Å². The molecule has 2 heterocycles. The number of aromatic nitrogens is 5. The number of aliphatic hydroxyl groups is 1. The lowest BCUT2D eigenvalue weighted by Gasteiger charge is -2.27. The smallest absolute Gasteiger partial charge is 0.373 e. The Hall–Kier alpha value is -2.83. The van der Waals surface area contributed by atoms with E-state index in [0.29, 0.717) is 12.5 Å². The van der Waals surface area contributed by atoms with Crippen LogP contribution in [-0.4, -0.2) is 48.0 Å². The molecule has 0 unspecified atom stereocenters. The van der Waals surface area contributed by atoms with Crippen molar-refractivity contribution < 1.29 is 27.5 Å². The van der Waals surface area contributed by atoms with Gasteiger partial charge in [0, 0.05) is 16.8 Å². The standard InChI is InChI=1S/C19H16Cl2F4N6O2/c1-8(27-17(32)18(2,33)19(23,24)25)15-12(21)4-9(7-26-15)11-5-10(20)6-13(22)14(11)16-28-30-31(3)29-16/h4-8,33H,1-3H3,(H,27,32)/t8-,18-/m1/s1. The van der Waals surface area contributed by atoms with E-state index < -0.39 is 29.5 Å². The summed E-state index contributed by atoms with van der Waals surface area (Å²) in [6.07, 6.45) is -3.91. The molecule has 0 spiro atoms. The van der Waals surface area contributed by atoms with Crippen LogP contribution >= 0.6 is 23.2 Å². The Balaban J connectivity index is 1.97. The molecule has 0 fully saturated rings. The van der Waals surface area contributed by atoms with Crippen LogP contribution in [0.1, 0.15) is 25.6 Å². The minimum atomic E-state index is -5.18. The highest BCUT2D eigenvalue weighted by Gasteiger charge is 2.56. The fraction of sp³-hybridized carbons (Fsp3) is 0.316. The van der Waals surface area contributed by atoms with Crippen molar-refractivity contribution in [2.75, 3.05) is 0 Å². The average molecular weight is 507 g/mol. The first-order valence-corrected chi connectivity index (χ1v) is 9.97. The van der Waals surface area contributed by atoms with Crippen molar-refractivity contribution in [2.45, 2.75) is 31.7 Å². The van der Waals surface area contributed by atoms with E-state index in [4.69, 9.17) is 23.2 Å². The third-order valence-electron chi connectivity index (χ3n) is 4.72. The lowest BCUT2D eigenvalue weighted by molar-refractivity contribution is -0.245. The van der Waals surface area contributed by atoms with Gasteiger partial charge in [0.05, 0.1) is 29.4 Å². The largest absolute Gasteiger partial charge is 0.426 e. The van der Waals surface area contributed by atoms with Crippen LogP contribution in [0.15, 0.2) is 24.4 Å². The number of halogens is 6. The van der Waals surface area contributed by atoms with Gasteiger partial charge in [-0.3, -0.25) is 9.78 Å². The van der Waals surface area contributed by atoms with Crippen LogP contribution in [-0.2, 0) is 11.8 Å². The van der Waals surface area contributed by atoms with Gasteiger partial charge < -0.3 is 10.4 Å². The number of pyridine rings is 1. The number of nitrogens with one attached hydrogen (secondary N) is 1. The van der Waals surface area contributed by atoms with Crippen LogP contribution in [0, 0.1) is 5.82 Å². The zero-order valence-electron chi connectivity index (χ0n) is 17.2. The molecule has 0 aliphatic heterocycles. The zero-order valence-corrected chi connectivity index (χ0v) is 18.8. The zero-order chi connectivity index (χ0) is 24.7. The molecule has 0 saturated heterocycles. The highest BCUT2D eigenvalue weighted by atomic mass is 35.5. The summed E-state index contributed by atoms with van der Waals surface area (Å²) in [6.45, 7) is 1.68. The van der Waals surface area contributed by atoms with Gasteiger partial charge in [0.25, 0.3) is 5.91 Å². The highest BCUT2D eigenvalue weighted by Crippen LogP contribution is 2.37. The minimum Gasteiger partial charge on any atom is -0.373 e. The summed E-state index contributed by atoms with van der Waals surface area (Å²) in [7, 11) is 1.50. The van der Waals surface area contributed by atoms with Crippen molar-refractivity contribution >= 4 is 29.1 Å². The molecule has 2 N–H and O–H groups in total. The van der Waals surface area contributed by atoms with E-state index in [1.54, 1.807) is 0 Å². The first-order chi connectivity index (χ1) is 15.2. The Morgan fingerprint density at radius 1 is 1.24 bits per heavy atom. The molecule has 0 bridgehead atoms. The monoisotopic (exact) mass is 506 g/mol. The Morgan fingerprint density at radius 3 is 2.45 bits per heavy atom. The Bertz CT molecular complexity index is 1220. The predicted molar refractivity (Wildman–Crippen MR) is 111 cm³/mol. The van der Waals surface area contributed by atoms with Crippen LogP contribution in [0.3, 0.4) is 0 Å². The summed E-state index contributed by atoms with van der Waals surface area (Å²) in [5.41, 5.74) is -3.06. The molecular formula is C19H16Cl2F4N6O2. The maximum absolute atomic E-state index is 14.7. The molecule has 0 aliphatic rings. The summed E-state index contributed by atoms with van der Waals surface area (Å²) in [6, 6.07) is 2.80. The lowest BCUT2D eigenvalue weighted by Crippen LogP contribution is -2.55. The van der Waals surface area contributed by atoms with Crippen molar-refractivity contribution in [3.8, 4) is 22.5 Å². The maximum Gasteiger partial charge on any atom is 0.426 e. The molecule has 0 radical (unpaired) electrons. The SMILES string of the molecule is C[C@@H](NC(=O)[C@@](C)(O)C(F)(F)F)c1ncc(-c2cc(Cl)cc(F)c2-c2nnn(C)n2)cc1Cl. The van der Waals surface area contributed by atoms with Crippen LogP contribution in [0.5, 0.6) is 0 Å². The van der Waals surface area contributed by atoms with Gasteiger partial charge in [0.2, 0.25) is 11.4 Å². The predicted octanol–water partition coefficient (Wildman–Crippen LogP) is 3.88. The summed E-state index contributed by atoms with van der Waals surface area (Å²) < 4.78 is 53.4. The number of rotatable bonds is 5. The summed E-state index contributed by atoms with van der Waals surface area (Å²) in [4.78, 5) is 17.2. The third kappa shape index (κ3) is 4.92. The molecule has 1 aromatic carbocycles. The van der Waals surface area contributed by atoms with Crippen LogP contribution in [0.4, 0.5) is 17.6 Å². The Labute approximate surface area is 194 Å². The number of amides is 1. The lowest BCUT2D eigenvalue weighted by atomic mass is 9.99. The van der Waals surface area contributed by atoms with Crippen LogP contribution in [0.2, 0.25) is 10.0 Å². The minimum absolute atomic E-state index is 0.0132. The quantitative estimate of drug-likeness (QED) is 0.508. The normalized spacial score (nSPS) is 14.6. The van der Waals surface area contributed by atoms with Gasteiger partial charge in [-0.05, 0) is 42.8 Å². The third-order valence-corrected chi connectivity index (χ3v) is 5.24. The van der Waals surface area contributed by atoms with Gasteiger partial charge >= 0.3 is 6.18 Å². The number of alkyl halides is 3. The topological polar surface area (TPSA) is 106 Å². The molecule has 1 amide bonds. The molecule has 33 heavy (non-hydrogen) atoms.